The number of hydrogen-bond donors (Lipinski definition) is 0. The van der Waals surface area contributed by atoms with Crippen LogP contribution >= 0.6 is 15.9 Å². The Labute approximate surface area is 113 Å². The van der Waals surface area contributed by atoms with E-state index in [1.165, 1.54) is 0 Å². The van der Waals surface area contributed by atoms with E-state index >= 15 is 0 Å². The molecule has 0 saturated carbocycles. The minimum atomic E-state index is -4.33. The van der Waals surface area contributed by atoms with E-state index in [0.29, 0.717) is 19.0 Å². The highest BCUT2D eigenvalue weighted by Gasteiger charge is 2.29. The van der Waals surface area contributed by atoms with Crippen LogP contribution in [0.2, 0.25) is 0 Å². The molecule has 7 heteroatoms. The number of piperidine rings is 1. The van der Waals surface area contributed by atoms with E-state index in [1.54, 1.807) is 4.90 Å². The van der Waals surface area contributed by atoms with Gasteiger partial charge >= 0.3 is 6.18 Å². The molecule has 18 heavy (non-hydrogen) atoms. The van der Waals surface area contributed by atoms with Crippen LogP contribution in [0.5, 0.6) is 0 Å². The quantitative estimate of drug-likeness (QED) is 0.585. The lowest BCUT2D eigenvalue weighted by molar-refractivity contribution is -0.175. The van der Waals surface area contributed by atoms with E-state index in [2.05, 4.69) is 27.6 Å². The number of carbonyl (C=O) groups is 1. The first-order valence-corrected chi connectivity index (χ1v) is 6.77. The number of rotatable bonds is 4. The van der Waals surface area contributed by atoms with E-state index in [4.69, 9.17) is 0 Å². The van der Waals surface area contributed by atoms with E-state index in [0.717, 1.165) is 6.42 Å². The zero-order valence-electron chi connectivity index (χ0n) is 10.2. The number of ether oxygens (including phenoxy) is 1. The number of nitrogens with zero attached hydrogens (tertiary/aromatic N) is 1. The zero-order valence-corrected chi connectivity index (χ0v) is 11.8. The van der Waals surface area contributed by atoms with Gasteiger partial charge in [-0.2, -0.15) is 13.2 Å². The second kappa shape index (κ2) is 6.75. The summed E-state index contributed by atoms with van der Waals surface area (Å²) < 4.78 is 39.8. The smallest absolute Gasteiger partial charge is 0.372 e. The van der Waals surface area contributed by atoms with Crippen molar-refractivity contribution in [3.05, 3.63) is 0 Å². The van der Waals surface area contributed by atoms with Crippen molar-refractivity contribution < 1.29 is 22.7 Å². The first-order chi connectivity index (χ1) is 8.29. The number of amides is 1. The Morgan fingerprint density at radius 1 is 1.50 bits per heavy atom. The normalized spacial score (nSPS) is 25.3. The largest absolute Gasteiger partial charge is 0.411 e. The van der Waals surface area contributed by atoms with Crippen LogP contribution < -0.4 is 0 Å². The zero-order chi connectivity index (χ0) is 13.8. The van der Waals surface area contributed by atoms with Crippen LogP contribution in [0.3, 0.4) is 0 Å². The number of alkyl halides is 4. The molecular weight excluding hydrogens is 315 g/mol. The molecule has 0 aromatic carbocycles. The molecule has 0 aromatic rings. The molecule has 1 amide bonds. The number of carbonyl (C=O) groups excluding carboxylic acids is 1. The van der Waals surface area contributed by atoms with Gasteiger partial charge in [0.05, 0.1) is 13.0 Å². The van der Waals surface area contributed by atoms with Crippen molar-refractivity contribution in [2.24, 2.45) is 5.92 Å². The maximum absolute atomic E-state index is 11.8. The lowest BCUT2D eigenvalue weighted by Gasteiger charge is -2.34. The Hall–Kier alpha value is -0.300. The highest BCUT2D eigenvalue weighted by Crippen LogP contribution is 2.23. The molecule has 2 unspecified atom stereocenters. The van der Waals surface area contributed by atoms with Crippen molar-refractivity contribution in [3.8, 4) is 0 Å². The molecule has 0 spiro atoms. The van der Waals surface area contributed by atoms with Crippen LogP contribution in [-0.4, -0.2) is 48.1 Å². The second-order valence-corrected chi connectivity index (χ2v) is 5.72. The molecule has 0 N–H and O–H groups in total. The first kappa shape index (κ1) is 15.8. The fourth-order valence-corrected chi connectivity index (χ4v) is 2.37. The van der Waals surface area contributed by atoms with Gasteiger partial charge < -0.3 is 9.64 Å². The van der Waals surface area contributed by atoms with Crippen LogP contribution in [0.25, 0.3) is 0 Å². The molecule has 3 nitrogen and oxygen atoms in total. The molecule has 1 heterocycles. The summed E-state index contributed by atoms with van der Waals surface area (Å²) in [4.78, 5) is 13.7. The average Bonchev–Trinajstić information content (AvgIpc) is 2.26. The third-order valence-corrected chi connectivity index (χ3v) is 4.14. The standard InChI is InChI=1S/C11H17BrF3NO2/c1-8-2-4-16(6-9(8)12)10(17)3-5-18-7-11(13,14)15/h8-9H,2-7H2,1H3. The summed E-state index contributed by atoms with van der Waals surface area (Å²) in [5.74, 6) is 0.365. The Morgan fingerprint density at radius 3 is 2.72 bits per heavy atom. The highest BCUT2D eigenvalue weighted by molar-refractivity contribution is 9.09. The summed E-state index contributed by atoms with van der Waals surface area (Å²) >= 11 is 3.50. The van der Waals surface area contributed by atoms with Gasteiger partial charge in [0.2, 0.25) is 5.91 Å². The van der Waals surface area contributed by atoms with E-state index in [1.807, 2.05) is 0 Å². The topological polar surface area (TPSA) is 29.5 Å². The molecule has 1 fully saturated rings. The van der Waals surface area contributed by atoms with Gasteiger partial charge in [0.1, 0.15) is 6.61 Å². The van der Waals surface area contributed by atoms with E-state index in [9.17, 15) is 18.0 Å². The highest BCUT2D eigenvalue weighted by atomic mass is 79.9. The predicted octanol–water partition coefficient (Wildman–Crippen LogP) is 2.59. The summed E-state index contributed by atoms with van der Waals surface area (Å²) in [6.07, 6.45) is -3.42. The average molecular weight is 332 g/mol. The van der Waals surface area contributed by atoms with Gasteiger partial charge in [-0.05, 0) is 12.3 Å². The van der Waals surface area contributed by atoms with Crippen LogP contribution in [0.4, 0.5) is 13.2 Å². The maximum atomic E-state index is 11.8. The lowest BCUT2D eigenvalue weighted by atomic mass is 9.99. The van der Waals surface area contributed by atoms with Gasteiger partial charge in [-0.3, -0.25) is 4.79 Å². The molecule has 0 bridgehead atoms. The fraction of sp³-hybridized carbons (Fsp3) is 0.909. The van der Waals surface area contributed by atoms with Crippen molar-refractivity contribution in [1.29, 1.82) is 0 Å². The molecular formula is C11H17BrF3NO2. The van der Waals surface area contributed by atoms with Gasteiger partial charge in [-0.15, -0.1) is 0 Å². The second-order valence-electron chi connectivity index (χ2n) is 4.54. The number of halogens is 4. The molecule has 1 aliphatic heterocycles. The maximum Gasteiger partial charge on any atom is 0.411 e. The van der Waals surface area contributed by atoms with E-state index < -0.39 is 12.8 Å². The Balaban J connectivity index is 2.21. The van der Waals surface area contributed by atoms with Crippen molar-refractivity contribution >= 4 is 21.8 Å². The third-order valence-electron chi connectivity index (χ3n) is 2.95. The first-order valence-electron chi connectivity index (χ1n) is 5.86. The van der Waals surface area contributed by atoms with Gasteiger partial charge in [0.15, 0.2) is 0 Å². The molecule has 0 aliphatic carbocycles. The molecule has 0 radical (unpaired) electrons. The fourth-order valence-electron chi connectivity index (χ4n) is 1.75. The van der Waals surface area contributed by atoms with Gasteiger partial charge in [-0.25, -0.2) is 0 Å². The van der Waals surface area contributed by atoms with E-state index in [-0.39, 0.29) is 23.8 Å². The van der Waals surface area contributed by atoms with Gasteiger partial charge in [0, 0.05) is 17.9 Å². The Kier molecular flexibility index (Phi) is 5.91. The number of hydrogen-bond acceptors (Lipinski definition) is 2. The molecule has 1 aliphatic rings. The molecule has 0 aromatic heterocycles. The Bertz CT molecular complexity index is 286. The van der Waals surface area contributed by atoms with Gasteiger partial charge in [0.25, 0.3) is 0 Å². The van der Waals surface area contributed by atoms with Crippen molar-refractivity contribution in [2.75, 3.05) is 26.3 Å². The van der Waals surface area contributed by atoms with Crippen LogP contribution in [0.1, 0.15) is 19.8 Å². The monoisotopic (exact) mass is 331 g/mol. The summed E-state index contributed by atoms with van der Waals surface area (Å²) in [6, 6.07) is 0. The summed E-state index contributed by atoms with van der Waals surface area (Å²) in [6.45, 7) is 1.91. The summed E-state index contributed by atoms with van der Waals surface area (Å²) in [7, 11) is 0. The SMILES string of the molecule is CC1CCN(C(=O)CCOCC(F)(F)F)CC1Br. The number of likely N-dealkylation sites (tertiary alicyclic amines) is 1. The summed E-state index contributed by atoms with van der Waals surface area (Å²) in [5, 5.41) is 0. The lowest BCUT2D eigenvalue weighted by Crippen LogP contribution is -2.43. The molecule has 2 atom stereocenters. The minimum absolute atomic E-state index is 0.00415. The molecule has 1 rings (SSSR count). The van der Waals surface area contributed by atoms with Gasteiger partial charge in [-0.1, -0.05) is 22.9 Å². The summed E-state index contributed by atoms with van der Waals surface area (Å²) in [5.41, 5.74) is 0. The third kappa shape index (κ3) is 5.56. The minimum Gasteiger partial charge on any atom is -0.372 e. The Morgan fingerprint density at radius 2 is 2.17 bits per heavy atom. The van der Waals surface area contributed by atoms with Crippen molar-refractivity contribution in [2.45, 2.75) is 30.8 Å². The van der Waals surface area contributed by atoms with Crippen molar-refractivity contribution in [1.82, 2.24) is 4.90 Å². The van der Waals surface area contributed by atoms with Crippen molar-refractivity contribution in [3.63, 3.8) is 0 Å². The molecule has 1 saturated heterocycles. The molecule has 106 valence electrons. The van der Waals surface area contributed by atoms with Crippen LogP contribution in [-0.2, 0) is 9.53 Å². The van der Waals surface area contributed by atoms with Crippen LogP contribution in [0.15, 0.2) is 0 Å². The predicted molar refractivity (Wildman–Crippen MR) is 64.6 cm³/mol. The van der Waals surface area contributed by atoms with Crippen LogP contribution in [0, 0.1) is 5.92 Å².